The van der Waals surface area contributed by atoms with Gasteiger partial charge in [0.05, 0.1) is 11.1 Å². The molecule has 0 bridgehead atoms. The molecule has 1 atom stereocenters. The van der Waals surface area contributed by atoms with E-state index in [9.17, 15) is 18.0 Å². The monoisotopic (exact) mass is 482 g/mol. The molecule has 0 unspecified atom stereocenters. The quantitative estimate of drug-likeness (QED) is 0.532. The fourth-order valence-electron chi connectivity index (χ4n) is 5.33. The van der Waals surface area contributed by atoms with Gasteiger partial charge in [0.2, 0.25) is 5.91 Å². The number of pyridine rings is 1. The number of benzene rings is 2. The van der Waals surface area contributed by atoms with E-state index in [1.807, 2.05) is 24.3 Å². The highest BCUT2D eigenvalue weighted by Gasteiger charge is 2.42. The molecule has 2 aliphatic rings. The molecule has 2 aliphatic heterocycles. The maximum Gasteiger partial charge on any atom is 0.416 e. The number of nitrogens with one attached hydrogen (secondary N) is 1. The van der Waals surface area contributed by atoms with Gasteiger partial charge < -0.3 is 15.1 Å². The molecule has 2 fully saturated rings. The second-order valence-electron chi connectivity index (χ2n) is 9.98. The van der Waals surface area contributed by atoms with Crippen LogP contribution in [0.5, 0.6) is 0 Å². The summed E-state index contributed by atoms with van der Waals surface area (Å²) in [5.74, 6) is 0.815. The van der Waals surface area contributed by atoms with Crippen LogP contribution in [0.4, 0.5) is 24.7 Å². The molecule has 3 aromatic rings. The number of aryl methyl sites for hydroxylation is 1. The van der Waals surface area contributed by atoms with E-state index in [-0.39, 0.29) is 12.3 Å². The van der Waals surface area contributed by atoms with Gasteiger partial charge in [-0.05, 0) is 80.9 Å². The van der Waals surface area contributed by atoms with E-state index in [0.717, 1.165) is 55.0 Å². The van der Waals surface area contributed by atoms with Crippen molar-refractivity contribution in [2.24, 2.45) is 5.41 Å². The van der Waals surface area contributed by atoms with Gasteiger partial charge in [0.25, 0.3) is 0 Å². The van der Waals surface area contributed by atoms with E-state index in [4.69, 9.17) is 4.98 Å². The van der Waals surface area contributed by atoms with E-state index < -0.39 is 11.7 Å². The van der Waals surface area contributed by atoms with Gasteiger partial charge in [-0.15, -0.1) is 0 Å². The number of aromatic nitrogens is 1. The zero-order valence-electron chi connectivity index (χ0n) is 19.7. The first-order valence-electron chi connectivity index (χ1n) is 12.0. The second-order valence-corrected chi connectivity index (χ2v) is 9.98. The molecule has 8 heteroatoms. The predicted octanol–water partition coefficient (Wildman–Crippen LogP) is 5.36. The molecular weight excluding hydrogens is 453 g/mol. The summed E-state index contributed by atoms with van der Waals surface area (Å²) >= 11 is 0. The van der Waals surface area contributed by atoms with Crippen LogP contribution in [0.3, 0.4) is 0 Å². The van der Waals surface area contributed by atoms with Crippen LogP contribution in [0.15, 0.2) is 54.6 Å². The Morgan fingerprint density at radius 2 is 1.80 bits per heavy atom. The Hall–Kier alpha value is -3.13. The number of alkyl halides is 3. The normalized spacial score (nSPS) is 20.7. The molecule has 3 heterocycles. The molecular formula is C27H29F3N4O. The number of carbonyl (C=O) groups excluding carboxylic acids is 1. The molecule has 5 nitrogen and oxygen atoms in total. The summed E-state index contributed by atoms with van der Waals surface area (Å²) in [4.78, 5) is 22.1. The zero-order valence-corrected chi connectivity index (χ0v) is 19.7. The first-order valence-corrected chi connectivity index (χ1v) is 12.0. The molecule has 5 rings (SSSR count). The van der Waals surface area contributed by atoms with Gasteiger partial charge >= 0.3 is 6.18 Å². The third-order valence-corrected chi connectivity index (χ3v) is 7.27. The summed E-state index contributed by atoms with van der Waals surface area (Å²) < 4.78 is 38.1. The molecule has 2 saturated heterocycles. The van der Waals surface area contributed by atoms with Gasteiger partial charge in [-0.3, -0.25) is 4.79 Å². The van der Waals surface area contributed by atoms with Crippen LogP contribution < -0.4 is 10.2 Å². The summed E-state index contributed by atoms with van der Waals surface area (Å²) in [6, 6.07) is 14.7. The van der Waals surface area contributed by atoms with Crippen LogP contribution in [0.1, 0.15) is 30.4 Å². The van der Waals surface area contributed by atoms with Crippen molar-refractivity contribution in [2.45, 2.75) is 31.9 Å². The van der Waals surface area contributed by atoms with Crippen LogP contribution in [0.25, 0.3) is 10.9 Å². The SMILES string of the molecule is CN1CC[C@@]2(CCN(c3ccc4cc(NC(=O)CCc5ccc(C(F)(F)F)cc5)ccc4n3)C2)C1. The van der Waals surface area contributed by atoms with Crippen LogP contribution in [0, 0.1) is 5.41 Å². The van der Waals surface area contributed by atoms with Crippen molar-refractivity contribution in [2.75, 3.05) is 43.4 Å². The average Bonchev–Trinajstić information content (AvgIpc) is 3.42. The van der Waals surface area contributed by atoms with Gasteiger partial charge in [0.1, 0.15) is 5.82 Å². The molecule has 0 radical (unpaired) electrons. The largest absolute Gasteiger partial charge is 0.416 e. The lowest BCUT2D eigenvalue weighted by molar-refractivity contribution is -0.137. The van der Waals surface area contributed by atoms with Crippen LogP contribution in [-0.4, -0.2) is 49.0 Å². The highest BCUT2D eigenvalue weighted by molar-refractivity contribution is 5.94. The molecule has 0 aliphatic carbocycles. The van der Waals surface area contributed by atoms with Crippen molar-refractivity contribution >= 4 is 28.3 Å². The lowest BCUT2D eigenvalue weighted by atomic mass is 9.86. The lowest BCUT2D eigenvalue weighted by Gasteiger charge is -2.24. The number of hydrogen-bond donors (Lipinski definition) is 1. The van der Waals surface area contributed by atoms with E-state index in [2.05, 4.69) is 28.2 Å². The molecule has 0 saturated carbocycles. The minimum Gasteiger partial charge on any atom is -0.356 e. The average molecular weight is 483 g/mol. The summed E-state index contributed by atoms with van der Waals surface area (Å²) in [6.45, 7) is 4.39. The summed E-state index contributed by atoms with van der Waals surface area (Å²) in [5, 5.41) is 3.83. The second kappa shape index (κ2) is 9.15. The molecule has 184 valence electrons. The van der Waals surface area contributed by atoms with Crippen molar-refractivity contribution in [3.8, 4) is 0 Å². The first-order chi connectivity index (χ1) is 16.7. The highest BCUT2D eigenvalue weighted by Crippen LogP contribution is 2.40. The van der Waals surface area contributed by atoms with Gasteiger partial charge in [0.15, 0.2) is 0 Å². The number of halogens is 3. The fraction of sp³-hybridized carbons (Fsp3) is 0.407. The van der Waals surface area contributed by atoms with Crippen molar-refractivity contribution in [3.05, 3.63) is 65.7 Å². The van der Waals surface area contributed by atoms with E-state index in [0.29, 0.717) is 23.1 Å². The van der Waals surface area contributed by atoms with Crippen LogP contribution in [-0.2, 0) is 17.4 Å². The van der Waals surface area contributed by atoms with E-state index in [1.165, 1.54) is 25.0 Å². The Bertz CT molecular complexity index is 1230. The topological polar surface area (TPSA) is 48.5 Å². The number of nitrogens with zero attached hydrogens (tertiary/aromatic N) is 3. The third kappa shape index (κ3) is 5.27. The fourth-order valence-corrected chi connectivity index (χ4v) is 5.33. The number of rotatable bonds is 5. The maximum absolute atomic E-state index is 12.7. The first kappa shape index (κ1) is 23.6. The van der Waals surface area contributed by atoms with Crippen molar-refractivity contribution in [3.63, 3.8) is 0 Å². The Labute approximate surface area is 202 Å². The molecule has 1 spiro atoms. The maximum atomic E-state index is 12.7. The van der Waals surface area contributed by atoms with Crippen molar-refractivity contribution in [1.82, 2.24) is 9.88 Å². The van der Waals surface area contributed by atoms with Gasteiger partial charge in [-0.1, -0.05) is 12.1 Å². The van der Waals surface area contributed by atoms with Crippen molar-refractivity contribution in [1.29, 1.82) is 0 Å². The Balaban J connectivity index is 1.19. The van der Waals surface area contributed by atoms with Gasteiger partial charge in [0, 0.05) is 42.5 Å². The lowest BCUT2D eigenvalue weighted by Crippen LogP contribution is -2.30. The predicted molar refractivity (Wildman–Crippen MR) is 132 cm³/mol. The van der Waals surface area contributed by atoms with Gasteiger partial charge in [-0.2, -0.15) is 13.2 Å². The van der Waals surface area contributed by atoms with Crippen LogP contribution in [0.2, 0.25) is 0 Å². The Morgan fingerprint density at radius 1 is 1.03 bits per heavy atom. The van der Waals surface area contributed by atoms with E-state index in [1.54, 1.807) is 0 Å². The Morgan fingerprint density at radius 3 is 2.51 bits per heavy atom. The number of anilines is 2. The summed E-state index contributed by atoms with van der Waals surface area (Å²) in [6.07, 6.45) is -1.35. The van der Waals surface area contributed by atoms with Gasteiger partial charge in [-0.25, -0.2) is 4.98 Å². The number of carbonyl (C=O) groups is 1. The standard InChI is InChI=1S/C27H29F3N4O/c1-33-14-12-26(17-33)13-15-34(18-26)24-10-5-20-16-22(8-9-23(20)32-24)31-25(35)11-4-19-2-6-21(7-3-19)27(28,29)30/h2-3,5-10,16H,4,11-15,17-18H2,1H3,(H,31,35)/t26-/m1/s1. The van der Waals surface area contributed by atoms with E-state index >= 15 is 0 Å². The molecule has 1 aromatic heterocycles. The number of hydrogen-bond acceptors (Lipinski definition) is 4. The zero-order chi connectivity index (χ0) is 24.6. The number of fused-ring (bicyclic) bond motifs is 1. The summed E-state index contributed by atoms with van der Waals surface area (Å²) in [5.41, 5.74) is 1.96. The van der Waals surface area contributed by atoms with Crippen molar-refractivity contribution < 1.29 is 18.0 Å². The minimum absolute atomic E-state index is 0.183. The molecule has 35 heavy (non-hydrogen) atoms. The minimum atomic E-state index is -4.36. The molecule has 1 N–H and O–H groups in total. The Kier molecular flexibility index (Phi) is 6.17. The number of amides is 1. The smallest absolute Gasteiger partial charge is 0.356 e. The summed E-state index contributed by atoms with van der Waals surface area (Å²) in [7, 11) is 2.19. The molecule has 2 aromatic carbocycles. The third-order valence-electron chi connectivity index (χ3n) is 7.27. The number of likely N-dealkylation sites (tertiary alicyclic amines) is 1. The highest BCUT2D eigenvalue weighted by atomic mass is 19.4. The molecule has 1 amide bonds. The van der Waals surface area contributed by atoms with Crippen LogP contribution >= 0.6 is 0 Å².